The predicted molar refractivity (Wildman–Crippen MR) is 37.1 cm³/mol. The lowest BCUT2D eigenvalue weighted by Crippen LogP contribution is -2.28. The highest BCUT2D eigenvalue weighted by Gasteiger charge is 2.04. The number of rotatable bonds is 3. The van der Waals surface area contributed by atoms with Crippen LogP contribution >= 0.6 is 12.6 Å². The van der Waals surface area contributed by atoms with Gasteiger partial charge in [0.15, 0.2) is 0 Å². The molecular weight excluding hydrogens is 122 g/mol. The van der Waals surface area contributed by atoms with Gasteiger partial charge in [-0.25, -0.2) is 0 Å². The van der Waals surface area contributed by atoms with Gasteiger partial charge < -0.3 is 5.73 Å². The Morgan fingerprint density at radius 2 is 2.38 bits per heavy atom. The molecule has 0 saturated heterocycles. The van der Waals surface area contributed by atoms with Crippen molar-refractivity contribution < 1.29 is 4.79 Å². The minimum Gasteiger partial charge on any atom is -0.321 e. The number of carbonyl (C=O) groups is 1. The van der Waals surface area contributed by atoms with Crippen LogP contribution in [-0.2, 0) is 4.79 Å². The lowest BCUT2D eigenvalue weighted by atomic mass is 10.2. The molecule has 0 fully saturated rings. The molecule has 0 amide bonds. The van der Waals surface area contributed by atoms with Crippen LogP contribution in [-0.4, -0.2) is 17.6 Å². The van der Waals surface area contributed by atoms with Gasteiger partial charge in [-0.1, -0.05) is 0 Å². The highest BCUT2D eigenvalue weighted by molar-refractivity contribution is 7.80. The molecule has 0 spiro atoms. The second kappa shape index (κ2) is 3.92. The summed E-state index contributed by atoms with van der Waals surface area (Å²) < 4.78 is 0. The Bertz CT molecular complexity index is 84.5. The Balaban J connectivity index is 3.32. The van der Waals surface area contributed by atoms with Crippen molar-refractivity contribution in [2.24, 2.45) is 5.73 Å². The molecule has 3 heteroatoms. The molecule has 0 aromatic carbocycles. The van der Waals surface area contributed by atoms with E-state index in [1.54, 1.807) is 0 Å². The molecule has 0 aliphatic heterocycles. The Morgan fingerprint density at radius 3 is 2.50 bits per heavy atom. The third-order valence-corrected chi connectivity index (χ3v) is 1.22. The van der Waals surface area contributed by atoms with Gasteiger partial charge in [-0.2, -0.15) is 12.6 Å². The summed E-state index contributed by atoms with van der Waals surface area (Å²) in [6.45, 7) is 1.49. The summed E-state index contributed by atoms with van der Waals surface area (Å²) in [7, 11) is 0. The summed E-state index contributed by atoms with van der Waals surface area (Å²) in [5.41, 5.74) is 5.33. The normalized spacial score (nSPS) is 13.4. The SMILES string of the molecule is CC(=O)[C@H](N)CCS. The van der Waals surface area contributed by atoms with Crippen LogP contribution in [0.5, 0.6) is 0 Å². The van der Waals surface area contributed by atoms with Gasteiger partial charge in [0.2, 0.25) is 0 Å². The van der Waals surface area contributed by atoms with Crippen molar-refractivity contribution in [2.45, 2.75) is 19.4 Å². The minimum absolute atomic E-state index is 0.0408. The molecule has 8 heavy (non-hydrogen) atoms. The first-order valence-corrected chi connectivity index (χ1v) is 3.18. The van der Waals surface area contributed by atoms with E-state index in [1.807, 2.05) is 0 Å². The van der Waals surface area contributed by atoms with Gasteiger partial charge in [0.25, 0.3) is 0 Å². The van der Waals surface area contributed by atoms with E-state index in [0.717, 1.165) is 0 Å². The fourth-order valence-electron chi connectivity index (χ4n) is 0.342. The molecule has 0 heterocycles. The number of thiol groups is 1. The number of Topliss-reactive ketones (excluding diaryl/α,β-unsaturated/α-hetero) is 1. The highest BCUT2D eigenvalue weighted by Crippen LogP contribution is 1.90. The second-order valence-corrected chi connectivity index (χ2v) is 2.18. The topological polar surface area (TPSA) is 43.1 Å². The molecule has 0 aliphatic carbocycles. The number of hydrogen-bond acceptors (Lipinski definition) is 3. The first kappa shape index (κ1) is 7.98. The third-order valence-electron chi connectivity index (χ3n) is 0.962. The van der Waals surface area contributed by atoms with Crippen molar-refractivity contribution >= 4 is 18.4 Å². The number of ketones is 1. The Kier molecular flexibility index (Phi) is 3.91. The van der Waals surface area contributed by atoms with Crippen LogP contribution in [0.25, 0.3) is 0 Å². The lowest BCUT2D eigenvalue weighted by Gasteiger charge is -2.02. The Morgan fingerprint density at radius 1 is 1.88 bits per heavy atom. The first-order valence-electron chi connectivity index (χ1n) is 2.55. The van der Waals surface area contributed by atoms with Gasteiger partial charge >= 0.3 is 0 Å². The fraction of sp³-hybridized carbons (Fsp3) is 0.800. The molecule has 2 N–H and O–H groups in total. The van der Waals surface area contributed by atoms with Gasteiger partial charge in [-0.15, -0.1) is 0 Å². The largest absolute Gasteiger partial charge is 0.321 e. The van der Waals surface area contributed by atoms with Crippen LogP contribution in [0, 0.1) is 0 Å². The molecule has 0 unspecified atom stereocenters. The zero-order chi connectivity index (χ0) is 6.57. The molecule has 1 atom stereocenters. The van der Waals surface area contributed by atoms with E-state index in [1.165, 1.54) is 6.92 Å². The molecule has 0 bridgehead atoms. The average Bonchev–Trinajstić information content (AvgIpc) is 1.67. The zero-order valence-corrected chi connectivity index (χ0v) is 5.82. The third kappa shape index (κ3) is 3.04. The zero-order valence-electron chi connectivity index (χ0n) is 4.92. The van der Waals surface area contributed by atoms with E-state index >= 15 is 0 Å². The standard InChI is InChI=1S/C5H11NOS/c1-4(7)5(6)2-3-8/h5,8H,2-3,6H2,1H3/t5-/m1/s1. The molecule has 0 radical (unpaired) electrons. The molecule has 0 aromatic heterocycles. The molecule has 0 rings (SSSR count). The van der Waals surface area contributed by atoms with Crippen molar-refractivity contribution in [3.8, 4) is 0 Å². The van der Waals surface area contributed by atoms with Gasteiger partial charge in [-0.05, 0) is 19.1 Å². The van der Waals surface area contributed by atoms with E-state index in [0.29, 0.717) is 12.2 Å². The molecule has 2 nitrogen and oxygen atoms in total. The summed E-state index contributed by atoms with van der Waals surface area (Å²) in [6.07, 6.45) is 0.679. The minimum atomic E-state index is -0.299. The monoisotopic (exact) mass is 133 g/mol. The van der Waals surface area contributed by atoms with E-state index in [-0.39, 0.29) is 11.8 Å². The maximum absolute atomic E-state index is 10.4. The fourth-order valence-corrected chi connectivity index (χ4v) is 0.621. The highest BCUT2D eigenvalue weighted by atomic mass is 32.1. The van der Waals surface area contributed by atoms with Gasteiger partial charge in [0.05, 0.1) is 6.04 Å². The van der Waals surface area contributed by atoms with E-state index in [9.17, 15) is 4.79 Å². The summed E-state index contributed by atoms with van der Waals surface area (Å²) >= 11 is 3.92. The van der Waals surface area contributed by atoms with E-state index < -0.39 is 0 Å². The van der Waals surface area contributed by atoms with Gasteiger partial charge in [0.1, 0.15) is 5.78 Å². The van der Waals surface area contributed by atoms with Crippen molar-refractivity contribution in [3.05, 3.63) is 0 Å². The summed E-state index contributed by atoms with van der Waals surface area (Å²) in [4.78, 5) is 10.4. The molecule has 48 valence electrons. The van der Waals surface area contributed by atoms with Gasteiger partial charge in [-0.3, -0.25) is 4.79 Å². The summed E-state index contributed by atoms with van der Waals surface area (Å²) in [6, 6.07) is -0.299. The smallest absolute Gasteiger partial charge is 0.146 e. The maximum Gasteiger partial charge on any atom is 0.146 e. The molecule has 0 aromatic rings. The van der Waals surface area contributed by atoms with Crippen molar-refractivity contribution in [2.75, 3.05) is 5.75 Å². The van der Waals surface area contributed by atoms with Crippen LogP contribution < -0.4 is 5.73 Å². The first-order chi connectivity index (χ1) is 3.68. The lowest BCUT2D eigenvalue weighted by molar-refractivity contribution is -0.118. The van der Waals surface area contributed by atoms with Crippen LogP contribution in [0.1, 0.15) is 13.3 Å². The number of carbonyl (C=O) groups excluding carboxylic acids is 1. The Labute approximate surface area is 54.9 Å². The molecular formula is C5H11NOS. The summed E-state index contributed by atoms with van der Waals surface area (Å²) in [5, 5.41) is 0. The van der Waals surface area contributed by atoms with Crippen molar-refractivity contribution in [1.82, 2.24) is 0 Å². The number of nitrogens with two attached hydrogens (primary N) is 1. The molecule has 0 aliphatic rings. The van der Waals surface area contributed by atoms with E-state index in [4.69, 9.17) is 5.73 Å². The van der Waals surface area contributed by atoms with Gasteiger partial charge in [0, 0.05) is 0 Å². The maximum atomic E-state index is 10.4. The van der Waals surface area contributed by atoms with Crippen molar-refractivity contribution in [3.63, 3.8) is 0 Å². The summed E-state index contributed by atoms with van der Waals surface area (Å²) in [5.74, 6) is 0.722. The van der Waals surface area contributed by atoms with Crippen LogP contribution in [0.2, 0.25) is 0 Å². The predicted octanol–water partition coefficient (Wildman–Crippen LogP) is 0.223. The van der Waals surface area contributed by atoms with E-state index in [2.05, 4.69) is 12.6 Å². The van der Waals surface area contributed by atoms with Crippen LogP contribution in [0.15, 0.2) is 0 Å². The van der Waals surface area contributed by atoms with Crippen LogP contribution in [0.4, 0.5) is 0 Å². The average molecular weight is 133 g/mol. The molecule has 0 saturated carbocycles. The Hall–Kier alpha value is -0.0200. The number of hydrogen-bond donors (Lipinski definition) is 2. The van der Waals surface area contributed by atoms with Crippen LogP contribution in [0.3, 0.4) is 0 Å². The van der Waals surface area contributed by atoms with Crippen molar-refractivity contribution in [1.29, 1.82) is 0 Å². The second-order valence-electron chi connectivity index (χ2n) is 1.73. The quantitative estimate of drug-likeness (QED) is 0.541.